The summed E-state index contributed by atoms with van der Waals surface area (Å²) in [5.41, 5.74) is 0.404. The Hall–Kier alpha value is -3.53. The number of nitrogens with zero attached hydrogens (tertiary/aromatic N) is 2. The standard InChI is InChI=1S/C19H18N4O5S/c24-16-11-21-23(15-6-2-1-5-14(15)16)8-7-18(26)28-12-17(25)22-19(27)20-10-13-4-3-9-29-13/h1-6,9,11H,7-8,10,12H2,(H2,20,22,25,27). The molecule has 0 fully saturated rings. The third-order valence-electron chi connectivity index (χ3n) is 3.91. The number of hydrogen-bond donors (Lipinski definition) is 2. The third kappa shape index (κ3) is 5.72. The van der Waals surface area contributed by atoms with Crippen LogP contribution in [0.1, 0.15) is 11.3 Å². The number of thiophene rings is 1. The average Bonchev–Trinajstić information content (AvgIpc) is 3.24. The van der Waals surface area contributed by atoms with Crippen LogP contribution in [0, 0.1) is 0 Å². The van der Waals surface area contributed by atoms with Gasteiger partial charge in [-0.1, -0.05) is 18.2 Å². The summed E-state index contributed by atoms with van der Waals surface area (Å²) in [4.78, 5) is 48.0. The first-order valence-corrected chi connectivity index (χ1v) is 9.61. The van der Waals surface area contributed by atoms with Gasteiger partial charge >= 0.3 is 12.0 Å². The number of imide groups is 1. The number of ether oxygens (including phenoxy) is 1. The Morgan fingerprint density at radius 2 is 1.97 bits per heavy atom. The molecule has 0 spiro atoms. The number of hydrogen-bond acceptors (Lipinski definition) is 7. The molecule has 0 radical (unpaired) electrons. The molecule has 0 aliphatic carbocycles. The topological polar surface area (TPSA) is 119 Å². The van der Waals surface area contributed by atoms with Crippen LogP contribution in [0.15, 0.2) is 52.8 Å². The maximum Gasteiger partial charge on any atom is 0.321 e. The number of esters is 1. The van der Waals surface area contributed by atoms with Crippen molar-refractivity contribution < 1.29 is 19.1 Å². The molecule has 10 heteroatoms. The number of aromatic nitrogens is 2. The lowest BCUT2D eigenvalue weighted by molar-refractivity contribution is -0.148. The van der Waals surface area contributed by atoms with Crippen molar-refractivity contribution in [1.82, 2.24) is 20.4 Å². The molecule has 0 bridgehead atoms. The number of carbonyl (C=O) groups excluding carboxylic acids is 3. The number of nitrogens with one attached hydrogen (secondary N) is 2. The summed E-state index contributed by atoms with van der Waals surface area (Å²) in [5.74, 6) is -1.35. The fourth-order valence-electron chi connectivity index (χ4n) is 2.54. The highest BCUT2D eigenvalue weighted by molar-refractivity contribution is 7.09. The quantitative estimate of drug-likeness (QED) is 0.564. The fourth-order valence-corrected chi connectivity index (χ4v) is 3.19. The molecule has 0 unspecified atom stereocenters. The Balaban J connectivity index is 1.42. The number of benzene rings is 1. The molecular formula is C19H18N4O5S. The van der Waals surface area contributed by atoms with E-state index in [1.807, 2.05) is 17.5 Å². The number of rotatable bonds is 7. The predicted octanol–water partition coefficient (Wildman–Crippen LogP) is 1.42. The van der Waals surface area contributed by atoms with Gasteiger partial charge in [0, 0.05) is 10.3 Å². The molecule has 3 rings (SSSR count). The van der Waals surface area contributed by atoms with Crippen molar-refractivity contribution in [3.63, 3.8) is 0 Å². The van der Waals surface area contributed by atoms with Crippen LogP contribution in [0.25, 0.3) is 10.9 Å². The maximum atomic E-state index is 11.9. The Labute approximate surface area is 169 Å². The van der Waals surface area contributed by atoms with Crippen LogP contribution in [0.3, 0.4) is 0 Å². The van der Waals surface area contributed by atoms with E-state index < -0.39 is 24.5 Å². The smallest absolute Gasteiger partial charge is 0.321 e. The van der Waals surface area contributed by atoms with Gasteiger partial charge in [-0.15, -0.1) is 11.3 Å². The highest BCUT2D eigenvalue weighted by Gasteiger charge is 2.12. The molecule has 0 saturated heterocycles. The van der Waals surface area contributed by atoms with Crippen molar-refractivity contribution in [2.75, 3.05) is 6.61 Å². The number of fused-ring (bicyclic) bond motifs is 1. The lowest BCUT2D eigenvalue weighted by Gasteiger charge is -2.09. The largest absolute Gasteiger partial charge is 0.456 e. The molecule has 3 amide bonds. The maximum absolute atomic E-state index is 11.9. The Morgan fingerprint density at radius 3 is 2.76 bits per heavy atom. The van der Waals surface area contributed by atoms with Crippen LogP contribution >= 0.6 is 11.3 Å². The van der Waals surface area contributed by atoms with Gasteiger partial charge in [0.05, 0.1) is 31.2 Å². The van der Waals surface area contributed by atoms with Gasteiger partial charge in [0.25, 0.3) is 5.91 Å². The van der Waals surface area contributed by atoms with Gasteiger partial charge in [-0.2, -0.15) is 5.10 Å². The van der Waals surface area contributed by atoms with Crippen molar-refractivity contribution in [3.05, 3.63) is 63.1 Å². The fraction of sp³-hybridized carbons (Fsp3) is 0.211. The summed E-state index contributed by atoms with van der Waals surface area (Å²) in [6, 6.07) is 9.98. The van der Waals surface area contributed by atoms with E-state index in [0.717, 1.165) is 4.88 Å². The monoisotopic (exact) mass is 414 g/mol. The first-order valence-electron chi connectivity index (χ1n) is 8.73. The van der Waals surface area contributed by atoms with Gasteiger partial charge in [-0.3, -0.25) is 24.4 Å². The molecule has 9 nitrogen and oxygen atoms in total. The summed E-state index contributed by atoms with van der Waals surface area (Å²) < 4.78 is 6.40. The number of carbonyl (C=O) groups is 3. The molecule has 150 valence electrons. The zero-order valence-corrected chi connectivity index (χ0v) is 16.1. The number of urea groups is 1. The molecule has 0 aliphatic heterocycles. The van der Waals surface area contributed by atoms with Crippen LogP contribution in [-0.4, -0.2) is 34.3 Å². The van der Waals surface area contributed by atoms with Crippen LogP contribution in [0.5, 0.6) is 0 Å². The van der Waals surface area contributed by atoms with Gasteiger partial charge in [-0.25, -0.2) is 4.79 Å². The molecule has 0 atom stereocenters. The van der Waals surface area contributed by atoms with Gasteiger partial charge in [-0.05, 0) is 23.6 Å². The van der Waals surface area contributed by atoms with Gasteiger partial charge in [0.15, 0.2) is 6.61 Å². The van der Waals surface area contributed by atoms with E-state index >= 15 is 0 Å². The first-order chi connectivity index (χ1) is 14.0. The minimum Gasteiger partial charge on any atom is -0.456 e. The zero-order valence-electron chi connectivity index (χ0n) is 15.3. The van der Waals surface area contributed by atoms with Crippen molar-refractivity contribution >= 4 is 40.1 Å². The summed E-state index contributed by atoms with van der Waals surface area (Å²) >= 11 is 1.48. The molecule has 3 aromatic rings. The van der Waals surface area contributed by atoms with Crippen molar-refractivity contribution in [3.8, 4) is 0 Å². The lowest BCUT2D eigenvalue weighted by Crippen LogP contribution is -2.41. The minimum absolute atomic E-state index is 0.0439. The van der Waals surface area contributed by atoms with Gasteiger partial charge in [0.1, 0.15) is 0 Å². The molecule has 0 aliphatic rings. The highest BCUT2D eigenvalue weighted by Crippen LogP contribution is 2.09. The molecule has 29 heavy (non-hydrogen) atoms. The first kappa shape index (κ1) is 20.2. The van der Waals surface area contributed by atoms with E-state index in [4.69, 9.17) is 4.74 Å². The molecular weight excluding hydrogens is 396 g/mol. The zero-order chi connectivity index (χ0) is 20.6. The number of amides is 3. The summed E-state index contributed by atoms with van der Waals surface area (Å²) in [5, 5.41) is 11.0. The van der Waals surface area contributed by atoms with Crippen molar-refractivity contribution in [2.24, 2.45) is 0 Å². The van der Waals surface area contributed by atoms with Gasteiger partial charge in [0.2, 0.25) is 5.43 Å². The van der Waals surface area contributed by atoms with Crippen molar-refractivity contribution in [1.29, 1.82) is 0 Å². The van der Waals surface area contributed by atoms with E-state index in [0.29, 0.717) is 17.4 Å². The second kappa shape index (κ2) is 9.60. The van der Waals surface area contributed by atoms with Crippen LogP contribution in [0.2, 0.25) is 0 Å². The lowest BCUT2D eigenvalue weighted by atomic mass is 10.2. The van der Waals surface area contributed by atoms with Crippen LogP contribution in [-0.2, 0) is 27.4 Å². The van der Waals surface area contributed by atoms with E-state index in [-0.39, 0.29) is 18.4 Å². The highest BCUT2D eigenvalue weighted by atomic mass is 32.1. The Morgan fingerprint density at radius 1 is 1.14 bits per heavy atom. The SMILES string of the molecule is O=C(COC(=O)CCn1ncc(=O)c2ccccc21)NC(=O)NCc1cccs1. The third-order valence-corrected chi connectivity index (χ3v) is 4.79. The molecule has 2 heterocycles. The van der Waals surface area contributed by atoms with Crippen LogP contribution < -0.4 is 16.1 Å². The summed E-state index contributed by atoms with van der Waals surface area (Å²) in [6.07, 6.45) is 1.15. The number of aryl methyl sites for hydroxylation is 1. The van der Waals surface area contributed by atoms with Crippen molar-refractivity contribution in [2.45, 2.75) is 19.5 Å². The average molecular weight is 414 g/mol. The summed E-state index contributed by atoms with van der Waals surface area (Å²) in [6.45, 7) is -0.0803. The Bertz CT molecular complexity index is 1080. The van der Waals surface area contributed by atoms with E-state index in [9.17, 15) is 19.2 Å². The number of para-hydroxylation sites is 1. The predicted molar refractivity (Wildman–Crippen MR) is 106 cm³/mol. The minimum atomic E-state index is -0.728. The Kier molecular flexibility index (Phi) is 6.69. The van der Waals surface area contributed by atoms with E-state index in [2.05, 4.69) is 15.7 Å². The van der Waals surface area contributed by atoms with E-state index in [1.165, 1.54) is 22.2 Å². The normalized spacial score (nSPS) is 10.5. The second-order valence-electron chi connectivity index (χ2n) is 5.97. The van der Waals surface area contributed by atoms with Crippen LogP contribution in [0.4, 0.5) is 4.79 Å². The molecule has 2 N–H and O–H groups in total. The van der Waals surface area contributed by atoms with Gasteiger partial charge < -0.3 is 10.1 Å². The molecule has 2 aromatic heterocycles. The molecule has 1 aromatic carbocycles. The second-order valence-corrected chi connectivity index (χ2v) is 7.00. The summed E-state index contributed by atoms with van der Waals surface area (Å²) in [7, 11) is 0. The molecule has 0 saturated carbocycles. The van der Waals surface area contributed by atoms with E-state index in [1.54, 1.807) is 24.3 Å².